The van der Waals surface area contributed by atoms with E-state index in [0.717, 1.165) is 28.0 Å². The number of para-hydroxylation sites is 2. The maximum absolute atomic E-state index is 12.5. The Labute approximate surface area is 195 Å². The average molecular weight is 461 g/mol. The van der Waals surface area contributed by atoms with E-state index in [9.17, 15) is 9.59 Å². The van der Waals surface area contributed by atoms with E-state index >= 15 is 0 Å². The van der Waals surface area contributed by atoms with Crippen LogP contribution >= 0.6 is 11.8 Å². The Morgan fingerprint density at radius 3 is 2.30 bits per heavy atom. The van der Waals surface area contributed by atoms with Crippen molar-refractivity contribution in [3.63, 3.8) is 0 Å². The number of thioether (sulfide) groups is 1. The first-order valence-corrected chi connectivity index (χ1v) is 11.4. The number of imide groups is 1. The first kappa shape index (κ1) is 22.5. The van der Waals surface area contributed by atoms with Crippen LogP contribution in [0.5, 0.6) is 0 Å². The molecule has 0 unspecified atom stereocenters. The van der Waals surface area contributed by atoms with Gasteiger partial charge in [0.25, 0.3) is 0 Å². The van der Waals surface area contributed by atoms with Crippen LogP contribution in [0, 0.1) is 13.8 Å². The fourth-order valence-corrected chi connectivity index (χ4v) is 4.22. The van der Waals surface area contributed by atoms with Gasteiger partial charge >= 0.3 is 6.03 Å². The maximum Gasteiger partial charge on any atom is 0.326 e. The second-order valence-corrected chi connectivity index (χ2v) is 8.55. The topological polar surface area (TPSA) is 102 Å². The molecule has 2 heterocycles. The van der Waals surface area contributed by atoms with Crippen molar-refractivity contribution < 1.29 is 9.59 Å². The third-order valence-corrected chi connectivity index (χ3v) is 6.17. The third-order valence-electron chi connectivity index (χ3n) is 5.16. The number of carbonyl (C=O) groups is 2. The highest BCUT2D eigenvalue weighted by atomic mass is 32.2. The molecule has 168 valence electrons. The summed E-state index contributed by atoms with van der Waals surface area (Å²) < 4.78 is 1.68. The number of rotatable bonds is 6. The van der Waals surface area contributed by atoms with E-state index in [-0.39, 0.29) is 5.75 Å². The maximum atomic E-state index is 12.5. The number of carbonyl (C=O) groups excluding carboxylic acids is 2. The summed E-state index contributed by atoms with van der Waals surface area (Å²) in [7, 11) is 1.80. The molecule has 0 saturated carbocycles. The van der Waals surface area contributed by atoms with Gasteiger partial charge in [-0.2, -0.15) is 5.10 Å². The van der Waals surface area contributed by atoms with Crippen LogP contribution in [0.25, 0.3) is 11.0 Å². The van der Waals surface area contributed by atoms with E-state index in [1.165, 1.54) is 11.8 Å². The zero-order chi connectivity index (χ0) is 23.4. The molecule has 3 amide bonds. The number of aryl methyl sites for hydroxylation is 2. The normalized spacial score (nSPS) is 10.9. The van der Waals surface area contributed by atoms with Crippen LogP contribution in [0.15, 0.2) is 59.6 Å². The molecule has 2 aromatic heterocycles. The summed E-state index contributed by atoms with van der Waals surface area (Å²) in [6.45, 7) is 3.65. The number of urea groups is 1. The third kappa shape index (κ3) is 5.38. The SMILES string of the molecule is Cc1nn(C)c(C)c1NC(=O)NC(=O)CSc1nc2ccccc2nc1Cc1ccccc1. The predicted molar refractivity (Wildman–Crippen MR) is 129 cm³/mol. The zero-order valence-electron chi connectivity index (χ0n) is 18.6. The molecule has 0 fully saturated rings. The van der Waals surface area contributed by atoms with E-state index in [1.807, 2.05) is 61.5 Å². The molecular weight excluding hydrogens is 436 g/mol. The van der Waals surface area contributed by atoms with Crippen LogP contribution in [0.3, 0.4) is 0 Å². The number of anilines is 1. The Bertz CT molecular complexity index is 1320. The summed E-state index contributed by atoms with van der Waals surface area (Å²) in [6.07, 6.45) is 0.600. The number of hydrogen-bond acceptors (Lipinski definition) is 6. The molecule has 0 spiro atoms. The number of aromatic nitrogens is 4. The van der Waals surface area contributed by atoms with E-state index < -0.39 is 11.9 Å². The van der Waals surface area contributed by atoms with Gasteiger partial charge in [0.2, 0.25) is 5.91 Å². The lowest BCUT2D eigenvalue weighted by molar-refractivity contribution is -0.117. The Balaban J connectivity index is 1.45. The lowest BCUT2D eigenvalue weighted by atomic mass is 10.1. The first-order valence-electron chi connectivity index (χ1n) is 10.4. The van der Waals surface area contributed by atoms with Crippen molar-refractivity contribution in [2.45, 2.75) is 25.3 Å². The van der Waals surface area contributed by atoms with E-state index in [1.54, 1.807) is 18.7 Å². The van der Waals surface area contributed by atoms with Gasteiger partial charge in [-0.15, -0.1) is 0 Å². The van der Waals surface area contributed by atoms with Gasteiger partial charge in [0.1, 0.15) is 5.03 Å². The van der Waals surface area contributed by atoms with Crippen molar-refractivity contribution >= 4 is 40.4 Å². The van der Waals surface area contributed by atoms with E-state index in [0.29, 0.717) is 22.8 Å². The van der Waals surface area contributed by atoms with E-state index in [4.69, 9.17) is 9.97 Å². The zero-order valence-corrected chi connectivity index (χ0v) is 19.4. The van der Waals surface area contributed by atoms with Crippen molar-refractivity contribution in [1.29, 1.82) is 0 Å². The minimum Gasteiger partial charge on any atom is -0.304 e. The molecular formula is C24H24N6O2S. The molecule has 0 aliphatic carbocycles. The van der Waals surface area contributed by atoms with Gasteiger partial charge in [-0.1, -0.05) is 54.2 Å². The molecule has 0 aliphatic rings. The van der Waals surface area contributed by atoms with Gasteiger partial charge < -0.3 is 5.32 Å². The molecule has 4 aromatic rings. The Morgan fingerprint density at radius 2 is 1.64 bits per heavy atom. The van der Waals surface area contributed by atoms with Crippen LogP contribution in [0.1, 0.15) is 22.6 Å². The van der Waals surface area contributed by atoms with Crippen LogP contribution in [0.2, 0.25) is 0 Å². The molecule has 0 atom stereocenters. The highest BCUT2D eigenvalue weighted by Gasteiger charge is 2.16. The minimum atomic E-state index is -0.589. The Morgan fingerprint density at radius 1 is 0.970 bits per heavy atom. The van der Waals surface area contributed by atoms with Gasteiger partial charge in [-0.25, -0.2) is 14.8 Å². The van der Waals surface area contributed by atoms with Crippen molar-refractivity contribution in [1.82, 2.24) is 25.1 Å². The van der Waals surface area contributed by atoms with Gasteiger partial charge in [-0.05, 0) is 31.5 Å². The lowest BCUT2D eigenvalue weighted by Gasteiger charge is -2.10. The number of amides is 3. The lowest BCUT2D eigenvalue weighted by Crippen LogP contribution is -2.35. The van der Waals surface area contributed by atoms with Gasteiger partial charge in [-0.3, -0.25) is 14.8 Å². The average Bonchev–Trinajstić information content (AvgIpc) is 3.04. The number of nitrogens with one attached hydrogen (secondary N) is 2. The largest absolute Gasteiger partial charge is 0.326 e. The number of hydrogen-bond donors (Lipinski definition) is 2. The Kier molecular flexibility index (Phi) is 6.69. The van der Waals surface area contributed by atoms with Gasteiger partial charge in [0.05, 0.1) is 39.6 Å². The summed E-state index contributed by atoms with van der Waals surface area (Å²) in [4.78, 5) is 34.3. The molecule has 8 nitrogen and oxygen atoms in total. The van der Waals surface area contributed by atoms with E-state index in [2.05, 4.69) is 15.7 Å². The molecule has 0 radical (unpaired) electrons. The second kappa shape index (κ2) is 9.83. The quantitative estimate of drug-likeness (QED) is 0.422. The van der Waals surface area contributed by atoms with Crippen molar-refractivity contribution in [3.8, 4) is 0 Å². The van der Waals surface area contributed by atoms with Crippen molar-refractivity contribution in [2.24, 2.45) is 7.05 Å². The van der Waals surface area contributed by atoms with Crippen molar-refractivity contribution in [2.75, 3.05) is 11.1 Å². The summed E-state index contributed by atoms with van der Waals surface area (Å²) in [5.41, 5.74) is 5.56. The molecule has 2 N–H and O–H groups in total. The second-order valence-electron chi connectivity index (χ2n) is 7.59. The summed E-state index contributed by atoms with van der Waals surface area (Å²) in [6, 6.07) is 17.0. The monoisotopic (exact) mass is 460 g/mol. The highest BCUT2D eigenvalue weighted by Crippen LogP contribution is 2.24. The summed E-state index contributed by atoms with van der Waals surface area (Å²) >= 11 is 1.27. The molecule has 0 saturated heterocycles. The van der Waals surface area contributed by atoms with Crippen LogP contribution in [-0.4, -0.2) is 37.4 Å². The fourth-order valence-electron chi connectivity index (χ4n) is 3.44. The van der Waals surface area contributed by atoms with Crippen LogP contribution in [-0.2, 0) is 18.3 Å². The smallest absolute Gasteiger partial charge is 0.304 e. The minimum absolute atomic E-state index is 0.0350. The standard InChI is InChI=1S/C24H24N6O2S/c1-15-22(16(2)30(3)29-15)28-24(32)27-21(31)14-33-23-20(13-17-9-5-4-6-10-17)25-18-11-7-8-12-19(18)26-23/h4-12H,13-14H2,1-3H3,(H2,27,28,31,32). The summed E-state index contributed by atoms with van der Waals surface area (Å²) in [5, 5.41) is 10.0. The number of fused-ring (bicyclic) bond motifs is 1. The van der Waals surface area contributed by atoms with Crippen molar-refractivity contribution in [3.05, 3.63) is 77.2 Å². The molecule has 0 bridgehead atoms. The molecule has 0 aliphatic heterocycles. The molecule has 9 heteroatoms. The Hall–Kier alpha value is -3.72. The van der Waals surface area contributed by atoms with Gasteiger partial charge in [0.15, 0.2) is 0 Å². The number of nitrogens with zero attached hydrogens (tertiary/aromatic N) is 4. The molecule has 2 aromatic carbocycles. The molecule has 33 heavy (non-hydrogen) atoms. The van der Waals surface area contributed by atoms with Gasteiger partial charge in [0, 0.05) is 13.5 Å². The van der Waals surface area contributed by atoms with Crippen LogP contribution in [0.4, 0.5) is 10.5 Å². The fraction of sp³-hybridized carbons (Fsp3) is 0.208. The predicted octanol–water partition coefficient (Wildman–Crippen LogP) is 4.01. The first-order chi connectivity index (χ1) is 15.9. The van der Waals surface area contributed by atoms with Crippen LogP contribution < -0.4 is 10.6 Å². The summed E-state index contributed by atoms with van der Waals surface area (Å²) in [5.74, 6) is -0.384. The highest BCUT2D eigenvalue weighted by molar-refractivity contribution is 7.99. The number of benzene rings is 2. The molecule has 4 rings (SSSR count).